The first-order valence-electron chi connectivity index (χ1n) is 6.84. The van der Waals surface area contributed by atoms with Gasteiger partial charge >= 0.3 is 0 Å². The number of rotatable bonds is 2. The molecule has 1 fully saturated rings. The number of nitrogens with one attached hydrogen (secondary N) is 1. The lowest BCUT2D eigenvalue weighted by Crippen LogP contribution is -2.04. The first-order chi connectivity index (χ1) is 9.38. The summed E-state index contributed by atoms with van der Waals surface area (Å²) >= 11 is 0. The van der Waals surface area contributed by atoms with E-state index in [1.54, 1.807) is 6.20 Å². The Morgan fingerprint density at radius 2 is 2.00 bits per heavy atom. The normalized spacial score (nSPS) is 16.2. The van der Waals surface area contributed by atoms with Crippen LogP contribution in [0.1, 0.15) is 43.6 Å². The molecule has 1 aromatic carbocycles. The molecule has 19 heavy (non-hydrogen) atoms. The van der Waals surface area contributed by atoms with Crippen LogP contribution in [-0.2, 0) is 0 Å². The molecule has 96 valence electrons. The van der Waals surface area contributed by atoms with E-state index < -0.39 is 0 Å². The predicted molar refractivity (Wildman–Crippen MR) is 74.5 cm³/mol. The van der Waals surface area contributed by atoms with Crippen molar-refractivity contribution in [3.63, 3.8) is 0 Å². The number of fused-ring (bicyclic) bond motifs is 1. The molecule has 0 spiro atoms. The molecule has 1 aliphatic rings. The van der Waals surface area contributed by atoms with Crippen molar-refractivity contribution in [1.82, 2.24) is 9.90 Å². The average Bonchev–Trinajstić information content (AvgIpc) is 2.48. The fourth-order valence-corrected chi connectivity index (χ4v) is 2.98. The van der Waals surface area contributed by atoms with Gasteiger partial charge in [0.1, 0.15) is 5.53 Å². The van der Waals surface area contributed by atoms with Gasteiger partial charge in [0.15, 0.2) is 10.8 Å². The monoisotopic (exact) mass is 253 g/mol. The molecule has 0 aliphatic heterocycles. The topological polar surface area (TPSA) is 63.2 Å². The standard InChI is InChI=1S/C15H17N4/c16-19-18-15-8-9-17-14-7-6-12(10-13(14)15)11-4-2-1-3-5-11/h6-11,16H,1-5H2/q+1. The molecule has 0 radical (unpaired) electrons. The van der Waals surface area contributed by atoms with Crippen LogP contribution in [0.3, 0.4) is 0 Å². The summed E-state index contributed by atoms with van der Waals surface area (Å²) in [5.41, 5.74) is 9.93. The van der Waals surface area contributed by atoms with Gasteiger partial charge in [-0.2, -0.15) is 0 Å². The van der Waals surface area contributed by atoms with Crippen molar-refractivity contribution in [3.8, 4) is 0 Å². The van der Waals surface area contributed by atoms with Crippen LogP contribution < -0.4 is 4.91 Å². The first kappa shape index (κ1) is 12.0. The maximum atomic E-state index is 6.90. The second kappa shape index (κ2) is 5.29. The lowest BCUT2D eigenvalue weighted by Gasteiger charge is -2.22. The Kier molecular flexibility index (Phi) is 3.34. The summed E-state index contributed by atoms with van der Waals surface area (Å²) in [5, 5.41) is 4.87. The van der Waals surface area contributed by atoms with Crippen LogP contribution in [0.15, 0.2) is 35.6 Å². The van der Waals surface area contributed by atoms with E-state index in [4.69, 9.17) is 5.53 Å². The van der Waals surface area contributed by atoms with Gasteiger partial charge in [0.25, 0.3) is 0 Å². The second-order valence-corrected chi connectivity index (χ2v) is 5.14. The molecule has 1 saturated carbocycles. The molecular weight excluding hydrogens is 236 g/mol. The summed E-state index contributed by atoms with van der Waals surface area (Å²) in [6.45, 7) is 0. The fraction of sp³-hybridized carbons (Fsp3) is 0.400. The number of pyridine rings is 1. The molecule has 1 aliphatic carbocycles. The molecule has 0 unspecified atom stereocenters. The van der Waals surface area contributed by atoms with Crippen molar-refractivity contribution in [2.24, 2.45) is 5.11 Å². The van der Waals surface area contributed by atoms with Gasteiger partial charge in [-0.3, -0.25) is 4.98 Å². The van der Waals surface area contributed by atoms with E-state index in [9.17, 15) is 0 Å². The number of benzene rings is 1. The van der Waals surface area contributed by atoms with Crippen molar-refractivity contribution in [2.45, 2.75) is 38.0 Å². The minimum atomic E-state index is 0.666. The van der Waals surface area contributed by atoms with Crippen molar-refractivity contribution < 1.29 is 0 Å². The molecular formula is C15H17N4+. The maximum Gasteiger partial charge on any atom is 0.220 e. The molecule has 4 nitrogen and oxygen atoms in total. The minimum Gasteiger partial charge on any atom is -0.256 e. The van der Waals surface area contributed by atoms with Gasteiger partial charge in [-0.25, -0.2) is 0 Å². The van der Waals surface area contributed by atoms with Crippen LogP contribution in [0, 0.1) is 5.53 Å². The number of nitrogens with zero attached hydrogens (tertiary/aromatic N) is 3. The predicted octanol–water partition coefficient (Wildman–Crippen LogP) is 4.46. The summed E-state index contributed by atoms with van der Waals surface area (Å²) in [7, 11) is 0. The van der Waals surface area contributed by atoms with Crippen molar-refractivity contribution in [3.05, 3.63) is 36.0 Å². The average molecular weight is 253 g/mol. The minimum absolute atomic E-state index is 0.666. The van der Waals surface area contributed by atoms with Crippen LogP contribution in [0.25, 0.3) is 10.9 Å². The Morgan fingerprint density at radius 1 is 1.16 bits per heavy atom. The molecule has 1 N–H and O–H groups in total. The number of hydrogen-bond donors (Lipinski definition) is 1. The molecule has 0 bridgehead atoms. The van der Waals surface area contributed by atoms with Crippen LogP contribution in [0.5, 0.6) is 0 Å². The van der Waals surface area contributed by atoms with Crippen LogP contribution in [0.4, 0.5) is 5.69 Å². The molecule has 2 aromatic rings. The number of hydrogen-bond acceptors (Lipinski definition) is 3. The molecule has 1 heterocycles. The van der Waals surface area contributed by atoms with Gasteiger partial charge in [-0.15, -0.1) is 0 Å². The fourth-order valence-electron chi connectivity index (χ4n) is 2.98. The highest BCUT2D eigenvalue weighted by Crippen LogP contribution is 2.35. The van der Waals surface area contributed by atoms with Gasteiger partial charge in [-0.1, -0.05) is 25.3 Å². The summed E-state index contributed by atoms with van der Waals surface area (Å²) in [6, 6.07) is 8.24. The highest BCUT2D eigenvalue weighted by Gasteiger charge is 2.16. The van der Waals surface area contributed by atoms with Gasteiger partial charge in [0.2, 0.25) is 4.91 Å². The highest BCUT2D eigenvalue weighted by molar-refractivity contribution is 5.89. The van der Waals surface area contributed by atoms with Crippen molar-refractivity contribution in [2.75, 3.05) is 0 Å². The SMILES string of the molecule is N=[N+]=Nc1ccnc2ccc(C3CCCCC3)cc12. The van der Waals surface area contributed by atoms with Gasteiger partial charge in [0.05, 0.1) is 5.52 Å². The van der Waals surface area contributed by atoms with E-state index in [2.05, 4.69) is 33.2 Å². The lowest BCUT2D eigenvalue weighted by atomic mass is 9.83. The third-order valence-electron chi connectivity index (χ3n) is 3.98. The van der Waals surface area contributed by atoms with Crippen LogP contribution >= 0.6 is 0 Å². The second-order valence-electron chi connectivity index (χ2n) is 5.14. The summed E-state index contributed by atoms with van der Waals surface area (Å²) in [4.78, 5) is 7.49. The Balaban J connectivity index is 2.07. The van der Waals surface area contributed by atoms with E-state index in [0.717, 1.165) is 16.6 Å². The summed E-state index contributed by atoms with van der Waals surface area (Å²) < 4.78 is 0. The highest BCUT2D eigenvalue weighted by atomic mass is 15.1. The van der Waals surface area contributed by atoms with E-state index in [0.29, 0.717) is 5.92 Å². The van der Waals surface area contributed by atoms with Crippen LogP contribution in [-0.4, -0.2) is 4.98 Å². The molecule has 1 aromatic heterocycles. The van der Waals surface area contributed by atoms with Crippen LogP contribution in [0.2, 0.25) is 0 Å². The largest absolute Gasteiger partial charge is 0.256 e. The van der Waals surface area contributed by atoms with Crippen molar-refractivity contribution in [1.29, 1.82) is 5.53 Å². The van der Waals surface area contributed by atoms with E-state index in [1.807, 2.05) is 6.07 Å². The molecule has 4 heteroatoms. The zero-order valence-electron chi connectivity index (χ0n) is 10.8. The molecule has 0 amide bonds. The van der Waals surface area contributed by atoms with Gasteiger partial charge in [-0.05, 0) is 42.5 Å². The Morgan fingerprint density at radius 3 is 2.79 bits per heavy atom. The lowest BCUT2D eigenvalue weighted by molar-refractivity contribution is 0.444. The third kappa shape index (κ3) is 2.40. The quantitative estimate of drug-likeness (QED) is 0.623. The zero-order valence-corrected chi connectivity index (χ0v) is 10.8. The molecule has 3 rings (SSSR count). The van der Waals surface area contributed by atoms with E-state index >= 15 is 0 Å². The molecule has 0 saturated heterocycles. The third-order valence-corrected chi connectivity index (χ3v) is 3.98. The summed E-state index contributed by atoms with van der Waals surface area (Å²) in [5.74, 6) is 0.666. The van der Waals surface area contributed by atoms with Crippen molar-refractivity contribution >= 4 is 16.6 Å². The Labute approximate surface area is 112 Å². The first-order valence-corrected chi connectivity index (χ1v) is 6.84. The van der Waals surface area contributed by atoms with Gasteiger partial charge < -0.3 is 0 Å². The van der Waals surface area contributed by atoms with Gasteiger partial charge in [0, 0.05) is 11.6 Å². The van der Waals surface area contributed by atoms with E-state index in [-0.39, 0.29) is 0 Å². The smallest absolute Gasteiger partial charge is 0.220 e. The van der Waals surface area contributed by atoms with E-state index in [1.165, 1.54) is 37.7 Å². The Bertz CT molecular complexity index is 638. The zero-order chi connectivity index (χ0) is 13.1. The summed E-state index contributed by atoms with van der Waals surface area (Å²) in [6.07, 6.45) is 8.29. The maximum absolute atomic E-state index is 6.90. The Hall–Kier alpha value is -2.06. The number of aromatic nitrogens is 1. The molecule has 0 atom stereocenters.